The van der Waals surface area contributed by atoms with Gasteiger partial charge >= 0.3 is 0 Å². The minimum atomic E-state index is 0.225. The molecule has 0 bridgehead atoms. The zero-order chi connectivity index (χ0) is 22.7. The number of hydrogen-bond donors (Lipinski definition) is 1. The van der Waals surface area contributed by atoms with Gasteiger partial charge in [-0.2, -0.15) is 0 Å². The fraction of sp³-hybridized carbons (Fsp3) is 0.379. The summed E-state index contributed by atoms with van der Waals surface area (Å²) in [6, 6.07) is 15.1. The molecule has 166 valence electrons. The fourth-order valence-electron chi connectivity index (χ4n) is 5.09. The lowest BCUT2D eigenvalue weighted by molar-refractivity contribution is 0.112. The molecule has 3 aromatic rings. The SMILES string of the molecule is CCc1cccc(CC)c1-c1cc(CC)c2c(n1)CCCC2Nc1cc(C=O)ccc1C. The molecule has 1 N–H and O–H groups in total. The third kappa shape index (κ3) is 4.21. The van der Waals surface area contributed by atoms with E-state index in [2.05, 4.69) is 57.3 Å². The summed E-state index contributed by atoms with van der Waals surface area (Å²) in [6.07, 6.45) is 7.15. The third-order valence-electron chi connectivity index (χ3n) is 6.84. The topological polar surface area (TPSA) is 42.0 Å². The molecule has 0 fully saturated rings. The van der Waals surface area contributed by atoms with Crippen LogP contribution in [0, 0.1) is 6.92 Å². The standard InChI is InChI=1S/C29H34N2O/c1-5-21-10-8-11-22(6-2)28(21)27-17-23(7-3)29-24(12-9-13-25(29)31-27)30-26-16-20(18-32)15-14-19(26)4/h8,10-11,14-18,24,30H,5-7,9,12-13H2,1-4H3. The molecule has 4 rings (SSSR count). The van der Waals surface area contributed by atoms with Crippen molar-refractivity contribution in [3.8, 4) is 11.3 Å². The van der Waals surface area contributed by atoms with Crippen LogP contribution in [0.25, 0.3) is 11.3 Å². The highest BCUT2D eigenvalue weighted by molar-refractivity contribution is 5.78. The van der Waals surface area contributed by atoms with Gasteiger partial charge in [0.2, 0.25) is 0 Å². The Morgan fingerprint density at radius 1 is 1.00 bits per heavy atom. The second-order valence-electron chi connectivity index (χ2n) is 8.82. The molecular formula is C29H34N2O. The lowest BCUT2D eigenvalue weighted by atomic mass is 9.85. The summed E-state index contributed by atoms with van der Waals surface area (Å²) < 4.78 is 0. The Kier molecular flexibility index (Phi) is 6.74. The molecular weight excluding hydrogens is 392 g/mol. The minimum Gasteiger partial charge on any atom is -0.378 e. The largest absolute Gasteiger partial charge is 0.378 e. The van der Waals surface area contributed by atoms with Crippen LogP contribution in [0.5, 0.6) is 0 Å². The van der Waals surface area contributed by atoms with E-state index in [1.807, 2.05) is 18.2 Å². The van der Waals surface area contributed by atoms with E-state index in [1.54, 1.807) is 0 Å². The molecule has 3 nitrogen and oxygen atoms in total. The highest BCUT2D eigenvalue weighted by Gasteiger charge is 2.26. The molecule has 1 atom stereocenters. The minimum absolute atomic E-state index is 0.225. The van der Waals surface area contributed by atoms with Gasteiger partial charge in [-0.25, -0.2) is 0 Å². The quantitative estimate of drug-likeness (QED) is 0.412. The van der Waals surface area contributed by atoms with Crippen LogP contribution in [0.2, 0.25) is 0 Å². The summed E-state index contributed by atoms with van der Waals surface area (Å²) in [5.74, 6) is 0. The molecule has 3 heteroatoms. The maximum absolute atomic E-state index is 11.3. The monoisotopic (exact) mass is 426 g/mol. The van der Waals surface area contributed by atoms with Gasteiger partial charge in [-0.05, 0) is 85.4 Å². The number of aromatic nitrogens is 1. The summed E-state index contributed by atoms with van der Waals surface area (Å²) in [4.78, 5) is 16.6. The Morgan fingerprint density at radius 2 is 1.72 bits per heavy atom. The van der Waals surface area contributed by atoms with Crippen LogP contribution < -0.4 is 5.32 Å². The second-order valence-corrected chi connectivity index (χ2v) is 8.82. The van der Waals surface area contributed by atoms with Gasteiger partial charge in [0.25, 0.3) is 0 Å². The molecule has 0 spiro atoms. The molecule has 0 radical (unpaired) electrons. The van der Waals surface area contributed by atoms with Gasteiger partial charge in [0.05, 0.1) is 11.7 Å². The molecule has 1 aliphatic carbocycles. The van der Waals surface area contributed by atoms with Crippen LogP contribution in [0.15, 0.2) is 42.5 Å². The molecule has 1 heterocycles. The van der Waals surface area contributed by atoms with Gasteiger partial charge in [-0.15, -0.1) is 0 Å². The van der Waals surface area contributed by atoms with E-state index in [0.29, 0.717) is 5.56 Å². The second kappa shape index (κ2) is 9.68. The third-order valence-corrected chi connectivity index (χ3v) is 6.84. The number of nitrogens with one attached hydrogen (secondary N) is 1. The molecule has 2 aromatic carbocycles. The van der Waals surface area contributed by atoms with Crippen molar-refractivity contribution in [1.29, 1.82) is 0 Å². The van der Waals surface area contributed by atoms with Gasteiger partial charge in [0.1, 0.15) is 6.29 Å². The maximum atomic E-state index is 11.3. The molecule has 0 aliphatic heterocycles. The first kappa shape index (κ1) is 22.3. The van der Waals surface area contributed by atoms with Gasteiger partial charge in [-0.1, -0.05) is 51.1 Å². The predicted octanol–water partition coefficient (Wildman–Crippen LogP) is 7.05. The molecule has 1 unspecified atom stereocenters. The summed E-state index contributed by atoms with van der Waals surface area (Å²) in [5.41, 5.74) is 12.1. The lowest BCUT2D eigenvalue weighted by Gasteiger charge is -2.30. The first-order chi connectivity index (χ1) is 15.6. The van der Waals surface area contributed by atoms with Gasteiger partial charge in [0.15, 0.2) is 0 Å². The number of hydrogen-bond acceptors (Lipinski definition) is 3. The Bertz CT molecular complexity index is 1090. The highest BCUT2D eigenvalue weighted by atomic mass is 16.1. The lowest BCUT2D eigenvalue weighted by Crippen LogP contribution is -2.21. The smallest absolute Gasteiger partial charge is 0.150 e. The van der Waals surface area contributed by atoms with E-state index in [-0.39, 0.29) is 6.04 Å². The van der Waals surface area contributed by atoms with Crippen LogP contribution in [0.1, 0.15) is 83.5 Å². The number of anilines is 1. The van der Waals surface area contributed by atoms with Crippen molar-refractivity contribution in [3.63, 3.8) is 0 Å². The van der Waals surface area contributed by atoms with Crippen molar-refractivity contribution in [1.82, 2.24) is 4.98 Å². The van der Waals surface area contributed by atoms with Crippen LogP contribution in [-0.4, -0.2) is 11.3 Å². The van der Waals surface area contributed by atoms with E-state index in [9.17, 15) is 4.79 Å². The molecule has 0 amide bonds. The number of rotatable bonds is 7. The highest BCUT2D eigenvalue weighted by Crippen LogP contribution is 2.38. The van der Waals surface area contributed by atoms with Crippen molar-refractivity contribution in [2.45, 2.75) is 72.3 Å². The van der Waals surface area contributed by atoms with Gasteiger partial charge < -0.3 is 5.32 Å². The van der Waals surface area contributed by atoms with E-state index in [1.165, 1.54) is 33.5 Å². The number of fused-ring (bicyclic) bond motifs is 1. The number of aldehydes is 1. The van der Waals surface area contributed by atoms with Crippen molar-refractivity contribution in [2.75, 3.05) is 5.32 Å². The average molecular weight is 427 g/mol. The first-order valence-electron chi connectivity index (χ1n) is 12.1. The number of pyridine rings is 1. The van der Waals surface area contributed by atoms with Crippen LogP contribution >= 0.6 is 0 Å². The number of aryl methyl sites for hydroxylation is 5. The molecule has 32 heavy (non-hydrogen) atoms. The van der Waals surface area contributed by atoms with Crippen LogP contribution in [0.4, 0.5) is 5.69 Å². The number of benzene rings is 2. The summed E-state index contributed by atoms with van der Waals surface area (Å²) in [5, 5.41) is 3.76. The van der Waals surface area contributed by atoms with E-state index >= 15 is 0 Å². The van der Waals surface area contributed by atoms with Crippen molar-refractivity contribution in [3.05, 3.63) is 81.5 Å². The fourth-order valence-corrected chi connectivity index (χ4v) is 5.09. The van der Waals surface area contributed by atoms with E-state index in [0.717, 1.165) is 61.8 Å². The summed E-state index contributed by atoms with van der Waals surface area (Å²) >= 11 is 0. The Hall–Kier alpha value is -2.94. The Labute approximate surface area is 192 Å². The average Bonchev–Trinajstić information content (AvgIpc) is 2.84. The maximum Gasteiger partial charge on any atom is 0.150 e. The van der Waals surface area contributed by atoms with E-state index < -0.39 is 0 Å². The molecule has 0 saturated heterocycles. The first-order valence-corrected chi connectivity index (χ1v) is 12.1. The normalized spacial score (nSPS) is 15.3. The van der Waals surface area contributed by atoms with Gasteiger partial charge in [0, 0.05) is 22.5 Å². The van der Waals surface area contributed by atoms with Crippen molar-refractivity contribution >= 4 is 12.0 Å². The van der Waals surface area contributed by atoms with Crippen molar-refractivity contribution in [2.24, 2.45) is 0 Å². The summed E-state index contributed by atoms with van der Waals surface area (Å²) in [7, 11) is 0. The number of nitrogens with zero attached hydrogens (tertiary/aromatic N) is 1. The zero-order valence-corrected chi connectivity index (χ0v) is 19.8. The molecule has 1 aliphatic rings. The van der Waals surface area contributed by atoms with Crippen molar-refractivity contribution < 1.29 is 4.79 Å². The number of carbonyl (C=O) groups excluding carboxylic acids is 1. The van der Waals surface area contributed by atoms with Crippen LogP contribution in [0.3, 0.4) is 0 Å². The summed E-state index contributed by atoms with van der Waals surface area (Å²) in [6.45, 7) is 8.80. The van der Waals surface area contributed by atoms with E-state index in [4.69, 9.17) is 4.98 Å². The Balaban J connectivity index is 1.80. The molecule has 1 aromatic heterocycles. The zero-order valence-electron chi connectivity index (χ0n) is 19.8. The number of carbonyl (C=O) groups is 1. The van der Waals surface area contributed by atoms with Gasteiger partial charge in [-0.3, -0.25) is 9.78 Å². The Morgan fingerprint density at radius 3 is 2.38 bits per heavy atom. The predicted molar refractivity (Wildman–Crippen MR) is 134 cm³/mol. The molecule has 0 saturated carbocycles. The van der Waals surface area contributed by atoms with Crippen LogP contribution in [-0.2, 0) is 25.7 Å².